The lowest BCUT2D eigenvalue weighted by Gasteiger charge is -2.02. The Kier molecular flexibility index (Phi) is 3.71. The number of nitrogens with zero attached hydrogens (tertiary/aromatic N) is 2. The average Bonchev–Trinajstić information content (AvgIpc) is 2.53. The fourth-order valence-corrected chi connectivity index (χ4v) is 1.04. The van der Waals surface area contributed by atoms with Crippen molar-refractivity contribution < 1.29 is 0 Å². The lowest BCUT2D eigenvalue weighted by Crippen LogP contribution is -1.99. The van der Waals surface area contributed by atoms with E-state index in [1.807, 2.05) is 17.1 Å². The summed E-state index contributed by atoms with van der Waals surface area (Å²) < 4.78 is 1.95. The molecule has 0 unspecified atom stereocenters. The highest BCUT2D eigenvalue weighted by Gasteiger charge is 1.97. The van der Waals surface area contributed by atoms with Crippen LogP contribution in [0.1, 0.15) is 31.9 Å². The Morgan fingerprint density at radius 3 is 2.92 bits per heavy atom. The van der Waals surface area contributed by atoms with Crippen LogP contribution in [0, 0.1) is 0 Å². The zero-order chi connectivity index (χ0) is 9.68. The highest BCUT2D eigenvalue weighted by atomic mass is 15.3. The molecule has 0 aliphatic rings. The maximum atomic E-state index is 5.37. The van der Waals surface area contributed by atoms with Gasteiger partial charge in [-0.05, 0) is 26.8 Å². The lowest BCUT2D eigenvalue weighted by molar-refractivity contribution is 0.532. The van der Waals surface area contributed by atoms with E-state index in [0.29, 0.717) is 12.6 Å². The second kappa shape index (κ2) is 4.82. The third-order valence-corrected chi connectivity index (χ3v) is 1.79. The van der Waals surface area contributed by atoms with E-state index in [1.165, 1.54) is 0 Å². The quantitative estimate of drug-likeness (QED) is 0.766. The van der Waals surface area contributed by atoms with Gasteiger partial charge < -0.3 is 5.73 Å². The lowest BCUT2D eigenvalue weighted by atomic mass is 10.3. The molecular weight excluding hydrogens is 162 g/mol. The highest BCUT2D eigenvalue weighted by Crippen LogP contribution is 2.06. The van der Waals surface area contributed by atoms with Gasteiger partial charge in [0.25, 0.3) is 0 Å². The largest absolute Gasteiger partial charge is 0.330 e. The van der Waals surface area contributed by atoms with Gasteiger partial charge in [0.2, 0.25) is 0 Å². The minimum Gasteiger partial charge on any atom is -0.330 e. The zero-order valence-corrected chi connectivity index (χ0v) is 8.27. The molecule has 1 aromatic rings. The molecule has 0 bridgehead atoms. The Bertz CT molecular complexity index is 273. The molecule has 3 nitrogen and oxygen atoms in total. The first-order valence-corrected chi connectivity index (χ1v) is 4.65. The van der Waals surface area contributed by atoms with Crippen molar-refractivity contribution in [3.05, 3.63) is 24.0 Å². The van der Waals surface area contributed by atoms with Gasteiger partial charge in [0.05, 0.1) is 6.20 Å². The van der Waals surface area contributed by atoms with E-state index < -0.39 is 0 Å². The first-order valence-electron chi connectivity index (χ1n) is 4.65. The summed E-state index contributed by atoms with van der Waals surface area (Å²) in [5.41, 5.74) is 6.51. The van der Waals surface area contributed by atoms with Crippen molar-refractivity contribution in [1.82, 2.24) is 9.78 Å². The Morgan fingerprint density at radius 2 is 2.38 bits per heavy atom. The SMILES string of the molecule is CC(C)n1cc(/C=C/CCN)cn1. The van der Waals surface area contributed by atoms with Crippen LogP contribution >= 0.6 is 0 Å². The van der Waals surface area contributed by atoms with Crippen molar-refractivity contribution in [3.8, 4) is 0 Å². The average molecular weight is 179 g/mol. The summed E-state index contributed by atoms with van der Waals surface area (Å²) in [6.45, 7) is 4.93. The Hall–Kier alpha value is -1.09. The Morgan fingerprint density at radius 1 is 1.62 bits per heavy atom. The van der Waals surface area contributed by atoms with Crippen LogP contribution in [-0.2, 0) is 0 Å². The summed E-state index contributed by atoms with van der Waals surface area (Å²) in [7, 11) is 0. The van der Waals surface area contributed by atoms with E-state index in [2.05, 4.69) is 31.1 Å². The van der Waals surface area contributed by atoms with Crippen LogP contribution in [0.25, 0.3) is 6.08 Å². The maximum Gasteiger partial charge on any atom is 0.0562 e. The number of hydrogen-bond acceptors (Lipinski definition) is 2. The standard InChI is InChI=1S/C10H17N3/c1-9(2)13-8-10(7-12-13)5-3-4-6-11/h3,5,7-9H,4,6,11H2,1-2H3/b5-3+. The second-order valence-corrected chi connectivity index (χ2v) is 3.33. The number of hydrogen-bond donors (Lipinski definition) is 1. The molecule has 0 saturated carbocycles. The fourth-order valence-electron chi connectivity index (χ4n) is 1.04. The molecule has 0 amide bonds. The number of aromatic nitrogens is 2. The predicted molar refractivity (Wildman–Crippen MR) is 55.3 cm³/mol. The van der Waals surface area contributed by atoms with E-state index in [-0.39, 0.29) is 0 Å². The molecule has 1 heterocycles. The number of rotatable bonds is 4. The van der Waals surface area contributed by atoms with E-state index in [0.717, 1.165) is 12.0 Å². The predicted octanol–water partition coefficient (Wildman–Crippen LogP) is 1.83. The third kappa shape index (κ3) is 3.03. The summed E-state index contributed by atoms with van der Waals surface area (Å²) in [6, 6.07) is 0.427. The topological polar surface area (TPSA) is 43.8 Å². The Balaban J connectivity index is 2.58. The molecule has 1 rings (SSSR count). The van der Waals surface area contributed by atoms with Crippen LogP contribution in [0.2, 0.25) is 0 Å². The molecule has 0 aliphatic heterocycles. The van der Waals surface area contributed by atoms with Crippen molar-refractivity contribution in [3.63, 3.8) is 0 Å². The van der Waals surface area contributed by atoms with E-state index in [1.54, 1.807) is 0 Å². The second-order valence-electron chi connectivity index (χ2n) is 3.33. The van der Waals surface area contributed by atoms with Crippen LogP contribution in [0.5, 0.6) is 0 Å². The monoisotopic (exact) mass is 179 g/mol. The van der Waals surface area contributed by atoms with Crippen LogP contribution in [0.15, 0.2) is 18.5 Å². The summed E-state index contributed by atoms with van der Waals surface area (Å²) in [6.07, 6.45) is 8.96. The molecule has 1 aromatic heterocycles. The fraction of sp³-hybridized carbons (Fsp3) is 0.500. The third-order valence-electron chi connectivity index (χ3n) is 1.79. The van der Waals surface area contributed by atoms with Gasteiger partial charge in [0.15, 0.2) is 0 Å². The van der Waals surface area contributed by atoms with Gasteiger partial charge in [0, 0.05) is 17.8 Å². The van der Waals surface area contributed by atoms with Gasteiger partial charge in [-0.2, -0.15) is 5.10 Å². The zero-order valence-electron chi connectivity index (χ0n) is 8.27. The molecule has 0 aliphatic carbocycles. The summed E-state index contributed by atoms with van der Waals surface area (Å²) in [5.74, 6) is 0. The number of nitrogens with two attached hydrogens (primary N) is 1. The van der Waals surface area contributed by atoms with E-state index >= 15 is 0 Å². The van der Waals surface area contributed by atoms with Crippen LogP contribution in [0.3, 0.4) is 0 Å². The molecule has 3 heteroatoms. The molecule has 72 valence electrons. The van der Waals surface area contributed by atoms with Crippen molar-refractivity contribution in [2.75, 3.05) is 6.54 Å². The molecule has 0 atom stereocenters. The van der Waals surface area contributed by atoms with E-state index in [4.69, 9.17) is 5.73 Å². The Labute approximate surface area is 79.2 Å². The molecular formula is C10H17N3. The highest BCUT2D eigenvalue weighted by molar-refractivity contribution is 5.46. The van der Waals surface area contributed by atoms with Gasteiger partial charge in [-0.1, -0.05) is 12.2 Å². The summed E-state index contributed by atoms with van der Waals surface area (Å²) >= 11 is 0. The molecule has 2 N–H and O–H groups in total. The van der Waals surface area contributed by atoms with Gasteiger partial charge in [-0.25, -0.2) is 0 Å². The smallest absolute Gasteiger partial charge is 0.0562 e. The molecule has 13 heavy (non-hydrogen) atoms. The molecule has 0 fully saturated rings. The summed E-state index contributed by atoms with van der Waals surface area (Å²) in [5, 5.41) is 4.23. The maximum absolute atomic E-state index is 5.37. The first kappa shape index (κ1) is 9.99. The van der Waals surface area contributed by atoms with Gasteiger partial charge in [-0.3, -0.25) is 4.68 Å². The molecule has 0 radical (unpaired) electrons. The van der Waals surface area contributed by atoms with Crippen molar-refractivity contribution in [1.29, 1.82) is 0 Å². The van der Waals surface area contributed by atoms with Crippen molar-refractivity contribution in [2.45, 2.75) is 26.3 Å². The van der Waals surface area contributed by atoms with Crippen LogP contribution < -0.4 is 5.73 Å². The minimum absolute atomic E-state index is 0.427. The summed E-state index contributed by atoms with van der Waals surface area (Å²) in [4.78, 5) is 0. The molecule has 0 spiro atoms. The van der Waals surface area contributed by atoms with Crippen molar-refractivity contribution in [2.24, 2.45) is 5.73 Å². The van der Waals surface area contributed by atoms with Crippen LogP contribution in [0.4, 0.5) is 0 Å². The minimum atomic E-state index is 0.427. The molecule has 0 aromatic carbocycles. The van der Waals surface area contributed by atoms with E-state index in [9.17, 15) is 0 Å². The van der Waals surface area contributed by atoms with Crippen LogP contribution in [-0.4, -0.2) is 16.3 Å². The van der Waals surface area contributed by atoms with Gasteiger partial charge in [0.1, 0.15) is 0 Å². The molecule has 0 saturated heterocycles. The van der Waals surface area contributed by atoms with Gasteiger partial charge >= 0.3 is 0 Å². The van der Waals surface area contributed by atoms with Crippen molar-refractivity contribution >= 4 is 6.08 Å². The van der Waals surface area contributed by atoms with Gasteiger partial charge in [-0.15, -0.1) is 0 Å². The first-order chi connectivity index (χ1) is 6.24. The normalized spacial score (nSPS) is 11.7.